The summed E-state index contributed by atoms with van der Waals surface area (Å²) in [7, 11) is 0. The number of primary amides is 1. The van der Waals surface area contributed by atoms with Crippen molar-refractivity contribution < 1.29 is 9.59 Å². The van der Waals surface area contributed by atoms with Crippen LogP contribution in [-0.2, 0) is 11.3 Å². The van der Waals surface area contributed by atoms with Crippen molar-refractivity contribution in [2.24, 2.45) is 11.1 Å². The third-order valence-electron chi connectivity index (χ3n) is 7.03. The molecule has 3 aromatic rings. The van der Waals surface area contributed by atoms with Gasteiger partial charge in [-0.15, -0.1) is 0 Å². The number of nitrogen functional groups attached to an aromatic ring is 1. The van der Waals surface area contributed by atoms with E-state index in [2.05, 4.69) is 16.9 Å². The number of benzene rings is 1. The summed E-state index contributed by atoms with van der Waals surface area (Å²) in [6.07, 6.45) is 6.02. The molecule has 1 spiro atoms. The van der Waals surface area contributed by atoms with E-state index in [1.807, 2.05) is 29.2 Å². The molecule has 2 aromatic heterocycles. The van der Waals surface area contributed by atoms with Crippen molar-refractivity contribution in [1.29, 1.82) is 0 Å². The van der Waals surface area contributed by atoms with Crippen molar-refractivity contribution in [1.82, 2.24) is 24.5 Å². The summed E-state index contributed by atoms with van der Waals surface area (Å²) in [4.78, 5) is 26.3. The zero-order chi connectivity index (χ0) is 24.7. The molecule has 0 bridgehead atoms. The zero-order valence-electron chi connectivity index (χ0n) is 19.4. The Kier molecular flexibility index (Phi) is 5.77. The standard InChI is InChI=1S/C25H26ClN7O2/c1-2-5-20(34)31-9-8-25(15-31)10-18(11-25)33-23(27)21(24(28)35)22(30-33)17-12-29-32(14-17)13-16-6-3-4-7-19(16)26/h3-4,6-7,12,14,18H,8-11,13,15,27H2,1H3,(H2,28,35). The van der Waals surface area contributed by atoms with Crippen molar-refractivity contribution in [2.45, 2.75) is 38.8 Å². The van der Waals surface area contributed by atoms with Gasteiger partial charge in [-0.3, -0.25) is 14.3 Å². The van der Waals surface area contributed by atoms with E-state index in [1.165, 1.54) is 0 Å². The molecule has 2 amide bonds. The summed E-state index contributed by atoms with van der Waals surface area (Å²) < 4.78 is 3.45. The van der Waals surface area contributed by atoms with E-state index >= 15 is 0 Å². The molecule has 5 rings (SSSR count). The summed E-state index contributed by atoms with van der Waals surface area (Å²) in [5, 5.41) is 9.78. The summed E-state index contributed by atoms with van der Waals surface area (Å²) in [5.74, 6) is 4.79. The van der Waals surface area contributed by atoms with E-state index in [0.717, 1.165) is 24.8 Å². The van der Waals surface area contributed by atoms with Gasteiger partial charge in [-0.2, -0.15) is 10.2 Å². The maximum absolute atomic E-state index is 12.3. The van der Waals surface area contributed by atoms with Gasteiger partial charge in [0.1, 0.15) is 17.1 Å². The Labute approximate surface area is 208 Å². The molecule has 1 aliphatic heterocycles. The van der Waals surface area contributed by atoms with Crippen LogP contribution in [0.3, 0.4) is 0 Å². The van der Waals surface area contributed by atoms with Crippen LogP contribution in [0.25, 0.3) is 11.3 Å². The number of hydrogen-bond donors (Lipinski definition) is 2. The van der Waals surface area contributed by atoms with Gasteiger partial charge < -0.3 is 16.4 Å². The smallest absolute Gasteiger partial charge is 0.298 e. The second kappa shape index (κ2) is 8.78. The number of carbonyl (C=O) groups excluding carboxylic acids is 2. The maximum atomic E-state index is 12.3. The molecule has 1 aliphatic carbocycles. The molecule has 9 nitrogen and oxygen atoms in total. The molecule has 0 radical (unpaired) electrons. The predicted octanol–water partition coefficient (Wildman–Crippen LogP) is 2.71. The quantitative estimate of drug-likeness (QED) is 0.531. The van der Waals surface area contributed by atoms with E-state index < -0.39 is 5.91 Å². The summed E-state index contributed by atoms with van der Waals surface area (Å²) in [6.45, 7) is 3.53. The van der Waals surface area contributed by atoms with Crippen LogP contribution in [0, 0.1) is 17.3 Å². The predicted molar refractivity (Wildman–Crippen MR) is 132 cm³/mol. The number of rotatable bonds is 5. The molecular weight excluding hydrogens is 466 g/mol. The van der Waals surface area contributed by atoms with Crippen molar-refractivity contribution >= 4 is 29.2 Å². The van der Waals surface area contributed by atoms with Crippen LogP contribution in [0.2, 0.25) is 5.02 Å². The summed E-state index contributed by atoms with van der Waals surface area (Å²) >= 11 is 6.28. The van der Waals surface area contributed by atoms with Crippen molar-refractivity contribution in [2.75, 3.05) is 18.8 Å². The van der Waals surface area contributed by atoms with Gasteiger partial charge in [-0.25, -0.2) is 4.68 Å². The van der Waals surface area contributed by atoms with Gasteiger partial charge in [0, 0.05) is 29.9 Å². The highest BCUT2D eigenvalue weighted by atomic mass is 35.5. The normalized spacial score (nSPS) is 21.0. The second-order valence-electron chi connectivity index (χ2n) is 9.35. The molecule has 0 unspecified atom stereocenters. The topological polar surface area (TPSA) is 125 Å². The average Bonchev–Trinajstić information content (AvgIpc) is 3.51. The lowest BCUT2D eigenvalue weighted by atomic mass is 9.65. The highest BCUT2D eigenvalue weighted by Gasteiger charge is 2.51. The fraction of sp³-hybridized carbons (Fsp3) is 0.360. The first-order chi connectivity index (χ1) is 16.8. The number of halogens is 1. The van der Waals surface area contributed by atoms with Crippen LogP contribution in [0.1, 0.15) is 48.1 Å². The Balaban J connectivity index is 1.36. The Morgan fingerprint density at radius 1 is 1.29 bits per heavy atom. The lowest BCUT2D eigenvalue weighted by Gasteiger charge is -2.45. The Morgan fingerprint density at radius 3 is 2.77 bits per heavy atom. The van der Waals surface area contributed by atoms with Gasteiger partial charge in [0.15, 0.2) is 0 Å². The van der Waals surface area contributed by atoms with Crippen LogP contribution in [0.15, 0.2) is 36.7 Å². The van der Waals surface area contributed by atoms with E-state index in [4.69, 9.17) is 28.2 Å². The summed E-state index contributed by atoms with van der Waals surface area (Å²) in [6, 6.07) is 7.59. The van der Waals surface area contributed by atoms with Gasteiger partial charge in [0.25, 0.3) is 11.8 Å². The summed E-state index contributed by atoms with van der Waals surface area (Å²) in [5.41, 5.74) is 14.3. The number of aromatic nitrogens is 4. The minimum atomic E-state index is -0.632. The first-order valence-electron chi connectivity index (χ1n) is 11.5. The first kappa shape index (κ1) is 23.0. The van der Waals surface area contributed by atoms with Crippen LogP contribution in [-0.4, -0.2) is 49.4 Å². The van der Waals surface area contributed by atoms with Gasteiger partial charge in [-0.1, -0.05) is 35.7 Å². The molecule has 35 heavy (non-hydrogen) atoms. The van der Waals surface area contributed by atoms with Crippen LogP contribution in [0.4, 0.5) is 5.82 Å². The van der Waals surface area contributed by atoms with Crippen molar-refractivity contribution in [3.8, 4) is 23.1 Å². The first-order valence-corrected chi connectivity index (χ1v) is 11.8. The third kappa shape index (κ3) is 4.15. The van der Waals surface area contributed by atoms with Crippen LogP contribution >= 0.6 is 11.6 Å². The largest absolute Gasteiger partial charge is 0.383 e. The second-order valence-corrected chi connectivity index (χ2v) is 9.76. The number of nitrogens with zero attached hydrogens (tertiary/aromatic N) is 5. The molecule has 1 saturated heterocycles. The van der Waals surface area contributed by atoms with Crippen molar-refractivity contribution in [3.63, 3.8) is 0 Å². The number of carbonyl (C=O) groups is 2. The van der Waals surface area contributed by atoms with Gasteiger partial charge in [0.05, 0.1) is 18.8 Å². The molecular formula is C25H26ClN7O2. The van der Waals surface area contributed by atoms with E-state index in [0.29, 0.717) is 35.9 Å². The third-order valence-corrected chi connectivity index (χ3v) is 7.40. The van der Waals surface area contributed by atoms with Crippen molar-refractivity contribution in [3.05, 3.63) is 52.8 Å². The molecule has 1 saturated carbocycles. The minimum Gasteiger partial charge on any atom is -0.383 e. The Morgan fingerprint density at radius 2 is 2.06 bits per heavy atom. The lowest BCUT2D eigenvalue weighted by molar-refractivity contribution is -0.125. The number of likely N-dealkylation sites (tertiary alicyclic amines) is 1. The van der Waals surface area contributed by atoms with Gasteiger partial charge >= 0.3 is 0 Å². The van der Waals surface area contributed by atoms with Crippen LogP contribution < -0.4 is 11.5 Å². The van der Waals surface area contributed by atoms with E-state index in [1.54, 1.807) is 28.7 Å². The number of hydrogen-bond acceptors (Lipinski definition) is 5. The monoisotopic (exact) mass is 491 g/mol. The van der Waals surface area contributed by atoms with E-state index in [-0.39, 0.29) is 28.7 Å². The molecule has 4 N–H and O–H groups in total. The highest BCUT2D eigenvalue weighted by molar-refractivity contribution is 6.31. The SMILES string of the molecule is CC#CC(=O)N1CCC2(CC(n3nc(-c4cnn(Cc5ccccc5Cl)c4)c(C(N)=O)c3N)C2)C1. The molecule has 180 valence electrons. The lowest BCUT2D eigenvalue weighted by Crippen LogP contribution is -2.42. The Bertz CT molecular complexity index is 1370. The van der Waals surface area contributed by atoms with Gasteiger partial charge in [0.2, 0.25) is 0 Å². The molecule has 2 fully saturated rings. The highest BCUT2D eigenvalue weighted by Crippen LogP contribution is 2.54. The van der Waals surface area contributed by atoms with E-state index in [9.17, 15) is 9.59 Å². The zero-order valence-corrected chi connectivity index (χ0v) is 20.1. The Hall–Kier alpha value is -3.77. The average molecular weight is 492 g/mol. The molecule has 0 atom stereocenters. The number of nitrogens with two attached hydrogens (primary N) is 2. The number of anilines is 1. The number of amides is 2. The van der Waals surface area contributed by atoms with Crippen LogP contribution in [0.5, 0.6) is 0 Å². The molecule has 1 aromatic carbocycles. The minimum absolute atomic E-state index is 0.0346. The van der Waals surface area contributed by atoms with Gasteiger partial charge in [-0.05, 0) is 49.2 Å². The molecule has 10 heteroatoms. The fourth-order valence-corrected chi connectivity index (χ4v) is 5.48. The maximum Gasteiger partial charge on any atom is 0.298 e. The fourth-order valence-electron chi connectivity index (χ4n) is 5.28. The molecule has 2 aliphatic rings. The molecule has 3 heterocycles.